The number of methoxy groups -OCH3 is 1. The standard InChI is InChI=1S/C17H29N3O/c1-11(2)14-13(4)19-16(20-15(14)18-5)17(21-6)9-7-12(3)8-10-17/h11-12H,7-10H2,1-6H3,(H,18,19,20). The molecule has 0 saturated heterocycles. The molecule has 1 aromatic heterocycles. The molecule has 0 radical (unpaired) electrons. The molecule has 1 heterocycles. The van der Waals surface area contributed by atoms with Crippen LogP contribution >= 0.6 is 0 Å². The Kier molecular flexibility index (Phi) is 4.87. The van der Waals surface area contributed by atoms with E-state index in [0.717, 1.165) is 36.1 Å². The van der Waals surface area contributed by atoms with Gasteiger partial charge in [-0.1, -0.05) is 20.8 Å². The predicted molar refractivity (Wildman–Crippen MR) is 86.7 cm³/mol. The van der Waals surface area contributed by atoms with Crippen LogP contribution < -0.4 is 5.32 Å². The van der Waals surface area contributed by atoms with Gasteiger partial charge in [0.25, 0.3) is 0 Å². The molecule has 0 aliphatic heterocycles. The first-order valence-electron chi connectivity index (χ1n) is 8.05. The maximum Gasteiger partial charge on any atom is 0.162 e. The largest absolute Gasteiger partial charge is 0.373 e. The van der Waals surface area contributed by atoms with Gasteiger partial charge in [-0.15, -0.1) is 0 Å². The van der Waals surface area contributed by atoms with Crippen LogP contribution in [0.15, 0.2) is 0 Å². The number of rotatable bonds is 4. The van der Waals surface area contributed by atoms with E-state index in [0.29, 0.717) is 5.92 Å². The van der Waals surface area contributed by atoms with E-state index in [1.165, 1.54) is 18.4 Å². The Morgan fingerprint density at radius 1 is 1.24 bits per heavy atom. The smallest absolute Gasteiger partial charge is 0.162 e. The third kappa shape index (κ3) is 3.05. The van der Waals surface area contributed by atoms with Crippen LogP contribution in [-0.2, 0) is 10.3 Å². The Labute approximate surface area is 128 Å². The van der Waals surface area contributed by atoms with Crippen molar-refractivity contribution in [3.63, 3.8) is 0 Å². The molecule has 1 aromatic rings. The van der Waals surface area contributed by atoms with E-state index in [1.54, 1.807) is 7.11 Å². The average Bonchev–Trinajstić information content (AvgIpc) is 2.47. The Bertz CT molecular complexity index is 491. The predicted octanol–water partition coefficient (Wildman–Crippen LogP) is 4.00. The third-order valence-corrected chi connectivity index (χ3v) is 4.83. The molecule has 0 bridgehead atoms. The Morgan fingerprint density at radius 2 is 1.86 bits per heavy atom. The zero-order valence-corrected chi connectivity index (χ0v) is 14.3. The Hall–Kier alpha value is -1.16. The second kappa shape index (κ2) is 6.30. The number of ether oxygens (including phenoxy) is 1. The quantitative estimate of drug-likeness (QED) is 0.910. The van der Waals surface area contributed by atoms with Crippen molar-refractivity contribution in [2.45, 2.75) is 64.9 Å². The summed E-state index contributed by atoms with van der Waals surface area (Å²) in [4.78, 5) is 9.64. The second-order valence-corrected chi connectivity index (χ2v) is 6.68. The minimum absolute atomic E-state index is 0.307. The normalized spacial score (nSPS) is 26.1. The van der Waals surface area contributed by atoms with Gasteiger partial charge in [0.15, 0.2) is 5.82 Å². The van der Waals surface area contributed by atoms with Crippen molar-refractivity contribution >= 4 is 5.82 Å². The van der Waals surface area contributed by atoms with Crippen LogP contribution in [0.4, 0.5) is 5.82 Å². The van der Waals surface area contributed by atoms with Gasteiger partial charge in [0, 0.05) is 25.4 Å². The molecule has 1 aliphatic carbocycles. The highest BCUT2D eigenvalue weighted by Gasteiger charge is 2.39. The van der Waals surface area contributed by atoms with Crippen LogP contribution in [0.1, 0.15) is 69.5 Å². The first kappa shape index (κ1) is 16.2. The number of nitrogens with one attached hydrogen (secondary N) is 1. The minimum Gasteiger partial charge on any atom is -0.373 e. The lowest BCUT2D eigenvalue weighted by Gasteiger charge is -2.37. The molecule has 4 nitrogen and oxygen atoms in total. The molecular formula is C17H29N3O. The van der Waals surface area contributed by atoms with Crippen LogP contribution in [0.2, 0.25) is 0 Å². The van der Waals surface area contributed by atoms with Gasteiger partial charge in [0.1, 0.15) is 11.4 Å². The van der Waals surface area contributed by atoms with E-state index >= 15 is 0 Å². The number of nitrogens with zero attached hydrogens (tertiary/aromatic N) is 2. The Balaban J connectivity index is 2.46. The summed E-state index contributed by atoms with van der Waals surface area (Å²) in [5.41, 5.74) is 1.96. The van der Waals surface area contributed by atoms with Crippen molar-refractivity contribution in [1.29, 1.82) is 0 Å². The highest BCUT2D eigenvalue weighted by Crippen LogP contribution is 2.41. The fraction of sp³-hybridized carbons (Fsp3) is 0.765. The van der Waals surface area contributed by atoms with Crippen LogP contribution in [0, 0.1) is 12.8 Å². The number of aromatic nitrogens is 2. The zero-order chi connectivity index (χ0) is 15.6. The van der Waals surface area contributed by atoms with Gasteiger partial charge in [0.2, 0.25) is 0 Å². The highest BCUT2D eigenvalue weighted by atomic mass is 16.5. The molecule has 4 heteroatoms. The van der Waals surface area contributed by atoms with Crippen LogP contribution in [0.3, 0.4) is 0 Å². The maximum atomic E-state index is 5.92. The van der Waals surface area contributed by atoms with Gasteiger partial charge in [-0.3, -0.25) is 0 Å². The molecule has 0 aromatic carbocycles. The summed E-state index contributed by atoms with van der Waals surface area (Å²) >= 11 is 0. The number of hydrogen-bond donors (Lipinski definition) is 1. The molecule has 0 unspecified atom stereocenters. The van der Waals surface area contributed by atoms with Crippen molar-refractivity contribution in [2.24, 2.45) is 5.92 Å². The van der Waals surface area contributed by atoms with Crippen molar-refractivity contribution in [1.82, 2.24) is 9.97 Å². The molecule has 0 amide bonds. The van der Waals surface area contributed by atoms with E-state index in [2.05, 4.69) is 33.0 Å². The topological polar surface area (TPSA) is 47.0 Å². The summed E-state index contributed by atoms with van der Waals surface area (Å²) in [6, 6.07) is 0. The van der Waals surface area contributed by atoms with Crippen LogP contribution in [0.5, 0.6) is 0 Å². The summed E-state index contributed by atoms with van der Waals surface area (Å²) in [7, 11) is 3.73. The molecule has 1 fully saturated rings. The van der Waals surface area contributed by atoms with Gasteiger partial charge in [-0.05, 0) is 44.4 Å². The zero-order valence-electron chi connectivity index (χ0n) is 14.3. The summed E-state index contributed by atoms with van der Waals surface area (Å²) in [6.45, 7) is 8.75. The summed E-state index contributed by atoms with van der Waals surface area (Å²) in [5.74, 6) is 2.98. The Morgan fingerprint density at radius 3 is 2.33 bits per heavy atom. The number of aryl methyl sites for hydroxylation is 1. The lowest BCUT2D eigenvalue weighted by atomic mass is 9.78. The monoisotopic (exact) mass is 291 g/mol. The summed E-state index contributed by atoms with van der Waals surface area (Å²) in [5, 5.41) is 3.24. The first-order valence-corrected chi connectivity index (χ1v) is 8.05. The van der Waals surface area contributed by atoms with E-state index in [-0.39, 0.29) is 5.60 Å². The maximum absolute atomic E-state index is 5.92. The van der Waals surface area contributed by atoms with Crippen molar-refractivity contribution in [3.05, 3.63) is 17.1 Å². The second-order valence-electron chi connectivity index (χ2n) is 6.68. The lowest BCUT2D eigenvalue weighted by Crippen LogP contribution is -2.35. The molecular weight excluding hydrogens is 262 g/mol. The van der Waals surface area contributed by atoms with Gasteiger partial charge in [-0.25, -0.2) is 9.97 Å². The van der Waals surface area contributed by atoms with E-state index in [1.807, 2.05) is 7.05 Å². The summed E-state index contributed by atoms with van der Waals surface area (Å²) < 4.78 is 5.92. The van der Waals surface area contributed by atoms with E-state index in [9.17, 15) is 0 Å². The molecule has 21 heavy (non-hydrogen) atoms. The van der Waals surface area contributed by atoms with Crippen LogP contribution in [-0.4, -0.2) is 24.1 Å². The number of anilines is 1. The molecule has 1 aliphatic rings. The molecule has 2 rings (SSSR count). The lowest BCUT2D eigenvalue weighted by molar-refractivity contribution is -0.0597. The van der Waals surface area contributed by atoms with Gasteiger partial charge < -0.3 is 10.1 Å². The first-order chi connectivity index (χ1) is 9.93. The van der Waals surface area contributed by atoms with Gasteiger partial charge in [-0.2, -0.15) is 0 Å². The molecule has 0 atom stereocenters. The highest BCUT2D eigenvalue weighted by molar-refractivity contribution is 5.48. The number of hydrogen-bond acceptors (Lipinski definition) is 4. The fourth-order valence-electron chi connectivity index (χ4n) is 3.41. The SMILES string of the molecule is CNc1nc(C2(OC)CCC(C)CC2)nc(C)c1C(C)C. The van der Waals surface area contributed by atoms with Gasteiger partial charge in [0.05, 0.1) is 0 Å². The fourth-order valence-corrected chi connectivity index (χ4v) is 3.41. The van der Waals surface area contributed by atoms with Crippen molar-refractivity contribution in [2.75, 3.05) is 19.5 Å². The molecule has 0 spiro atoms. The average molecular weight is 291 g/mol. The van der Waals surface area contributed by atoms with E-state index < -0.39 is 0 Å². The minimum atomic E-state index is -0.307. The summed E-state index contributed by atoms with van der Waals surface area (Å²) in [6.07, 6.45) is 4.37. The molecule has 118 valence electrons. The van der Waals surface area contributed by atoms with Crippen molar-refractivity contribution < 1.29 is 4.74 Å². The van der Waals surface area contributed by atoms with E-state index in [4.69, 9.17) is 14.7 Å². The molecule has 1 N–H and O–H groups in total. The van der Waals surface area contributed by atoms with Crippen molar-refractivity contribution in [3.8, 4) is 0 Å². The molecule has 1 saturated carbocycles. The van der Waals surface area contributed by atoms with Gasteiger partial charge >= 0.3 is 0 Å². The van der Waals surface area contributed by atoms with Crippen LogP contribution in [0.25, 0.3) is 0 Å². The third-order valence-electron chi connectivity index (χ3n) is 4.83.